The van der Waals surface area contributed by atoms with Gasteiger partial charge in [0.15, 0.2) is 5.11 Å². The molecule has 16 heavy (non-hydrogen) atoms. The molecule has 0 aromatic carbocycles. The maximum absolute atomic E-state index is 12.2. The number of thiocarbonyl (C=S) groups is 1. The summed E-state index contributed by atoms with van der Waals surface area (Å²) in [6.07, 6.45) is 2.37. The molecule has 1 rings (SSSR count). The highest BCUT2D eigenvalue weighted by atomic mass is 32.1. The third-order valence-electron chi connectivity index (χ3n) is 3.13. The van der Waals surface area contributed by atoms with Crippen LogP contribution in [0.2, 0.25) is 0 Å². The Balaban J connectivity index is 2.90. The normalized spacial score (nSPS) is 25.9. The lowest BCUT2D eigenvalue weighted by Gasteiger charge is -2.38. The largest absolute Gasteiger partial charge is 0.302 e. The molecule has 2 amide bonds. The zero-order valence-electron chi connectivity index (χ0n) is 10.0. The lowest BCUT2D eigenvalue weighted by Crippen LogP contribution is -2.62. The van der Waals surface area contributed by atoms with Gasteiger partial charge in [-0.05, 0) is 32.0 Å². The summed E-state index contributed by atoms with van der Waals surface area (Å²) in [7, 11) is 0. The van der Waals surface area contributed by atoms with E-state index in [1.165, 1.54) is 4.90 Å². The third kappa shape index (κ3) is 2.09. The van der Waals surface area contributed by atoms with Gasteiger partial charge in [0, 0.05) is 6.54 Å². The Morgan fingerprint density at radius 2 is 2.00 bits per heavy atom. The molecule has 1 aliphatic heterocycles. The molecule has 1 fully saturated rings. The maximum atomic E-state index is 12.2. The number of carbonyl (C=O) groups is 2. The van der Waals surface area contributed by atoms with E-state index in [0.29, 0.717) is 13.0 Å². The predicted octanol–water partition coefficient (Wildman–Crippen LogP) is 1.45. The first-order chi connectivity index (χ1) is 7.47. The molecule has 1 atom stereocenters. The molecule has 1 unspecified atom stereocenters. The Morgan fingerprint density at radius 1 is 1.38 bits per heavy atom. The standard InChI is InChI=1S/C11H18N2O2S/c1-4-6-7-13-9(15)11(3,5-2)8(14)12-10(13)16/h4-7H2,1-3H3,(H,12,14,16). The second kappa shape index (κ2) is 4.91. The van der Waals surface area contributed by atoms with Crippen molar-refractivity contribution in [3.05, 3.63) is 0 Å². The highest BCUT2D eigenvalue weighted by Crippen LogP contribution is 2.28. The van der Waals surface area contributed by atoms with Crippen LogP contribution in [0.3, 0.4) is 0 Å². The minimum absolute atomic E-state index is 0.169. The third-order valence-corrected chi connectivity index (χ3v) is 3.45. The summed E-state index contributed by atoms with van der Waals surface area (Å²) in [5.41, 5.74) is -0.962. The lowest BCUT2D eigenvalue weighted by atomic mass is 9.83. The van der Waals surface area contributed by atoms with Gasteiger partial charge in [-0.1, -0.05) is 20.3 Å². The Morgan fingerprint density at radius 3 is 2.50 bits per heavy atom. The smallest absolute Gasteiger partial charge is 0.244 e. The predicted molar refractivity (Wildman–Crippen MR) is 65.8 cm³/mol. The molecule has 5 heteroatoms. The van der Waals surface area contributed by atoms with E-state index in [1.807, 2.05) is 6.92 Å². The van der Waals surface area contributed by atoms with Crippen molar-refractivity contribution >= 4 is 29.1 Å². The van der Waals surface area contributed by atoms with Crippen molar-refractivity contribution in [2.24, 2.45) is 5.41 Å². The summed E-state index contributed by atoms with van der Waals surface area (Å²) < 4.78 is 0. The molecule has 0 aromatic heterocycles. The molecule has 90 valence electrons. The monoisotopic (exact) mass is 242 g/mol. The van der Waals surface area contributed by atoms with E-state index in [1.54, 1.807) is 6.92 Å². The van der Waals surface area contributed by atoms with Gasteiger partial charge in [-0.25, -0.2) is 0 Å². The summed E-state index contributed by atoms with van der Waals surface area (Å²) in [5.74, 6) is -0.449. The number of nitrogens with one attached hydrogen (secondary N) is 1. The van der Waals surface area contributed by atoms with E-state index in [0.717, 1.165) is 12.8 Å². The molecule has 1 heterocycles. The first kappa shape index (κ1) is 13.1. The fraction of sp³-hybridized carbons (Fsp3) is 0.727. The average Bonchev–Trinajstić information content (AvgIpc) is 2.26. The molecule has 0 radical (unpaired) electrons. The SMILES string of the molecule is CCCCN1C(=O)C(C)(CC)C(=O)NC1=S. The zero-order chi connectivity index (χ0) is 12.3. The fourth-order valence-corrected chi connectivity index (χ4v) is 1.89. The number of rotatable bonds is 4. The highest BCUT2D eigenvalue weighted by molar-refractivity contribution is 7.80. The van der Waals surface area contributed by atoms with Crippen molar-refractivity contribution in [2.75, 3.05) is 6.54 Å². The Hall–Kier alpha value is -0.970. The summed E-state index contributed by atoms with van der Waals surface area (Å²) in [6.45, 7) is 6.15. The van der Waals surface area contributed by atoms with Crippen molar-refractivity contribution in [2.45, 2.75) is 40.0 Å². The summed E-state index contributed by atoms with van der Waals surface area (Å²) in [6, 6.07) is 0. The number of nitrogens with zero attached hydrogens (tertiary/aromatic N) is 1. The van der Waals surface area contributed by atoms with Crippen LogP contribution >= 0.6 is 12.2 Å². The number of hydrogen-bond donors (Lipinski definition) is 1. The molecule has 1 saturated heterocycles. The minimum Gasteiger partial charge on any atom is -0.302 e. The number of unbranched alkanes of at least 4 members (excludes halogenated alkanes) is 1. The minimum atomic E-state index is -0.962. The molecule has 4 nitrogen and oxygen atoms in total. The number of carbonyl (C=O) groups excluding carboxylic acids is 2. The van der Waals surface area contributed by atoms with E-state index in [9.17, 15) is 9.59 Å². The van der Waals surface area contributed by atoms with Gasteiger partial charge in [0.1, 0.15) is 5.41 Å². The summed E-state index contributed by atoms with van der Waals surface area (Å²) in [4.78, 5) is 25.4. The van der Waals surface area contributed by atoms with Gasteiger partial charge in [-0.3, -0.25) is 14.5 Å². The van der Waals surface area contributed by atoms with E-state index in [2.05, 4.69) is 12.2 Å². The highest BCUT2D eigenvalue weighted by Gasteiger charge is 2.47. The molecular formula is C11H18N2O2S. The van der Waals surface area contributed by atoms with Crippen LogP contribution in [0.15, 0.2) is 0 Å². The van der Waals surface area contributed by atoms with Crippen molar-refractivity contribution in [3.63, 3.8) is 0 Å². The molecule has 0 saturated carbocycles. The summed E-state index contributed by atoms with van der Waals surface area (Å²) >= 11 is 5.02. The van der Waals surface area contributed by atoms with Crippen molar-refractivity contribution in [1.82, 2.24) is 10.2 Å². The molecule has 0 bridgehead atoms. The fourth-order valence-electron chi connectivity index (χ4n) is 1.62. The van der Waals surface area contributed by atoms with Crippen LogP contribution in [0.1, 0.15) is 40.0 Å². The second-order valence-electron chi connectivity index (χ2n) is 4.26. The van der Waals surface area contributed by atoms with Gasteiger partial charge in [-0.2, -0.15) is 0 Å². The maximum Gasteiger partial charge on any atom is 0.244 e. The molecule has 0 aliphatic carbocycles. The van der Waals surface area contributed by atoms with Gasteiger partial charge in [-0.15, -0.1) is 0 Å². The molecular weight excluding hydrogens is 224 g/mol. The van der Waals surface area contributed by atoms with Crippen molar-refractivity contribution in [3.8, 4) is 0 Å². The van der Waals surface area contributed by atoms with Gasteiger partial charge in [0.05, 0.1) is 0 Å². The first-order valence-electron chi connectivity index (χ1n) is 5.64. The van der Waals surface area contributed by atoms with Gasteiger partial charge >= 0.3 is 0 Å². The van der Waals surface area contributed by atoms with E-state index in [-0.39, 0.29) is 16.9 Å². The van der Waals surface area contributed by atoms with Crippen LogP contribution in [-0.2, 0) is 9.59 Å². The van der Waals surface area contributed by atoms with Crippen molar-refractivity contribution < 1.29 is 9.59 Å². The zero-order valence-corrected chi connectivity index (χ0v) is 10.8. The van der Waals surface area contributed by atoms with Crippen LogP contribution in [0.5, 0.6) is 0 Å². The van der Waals surface area contributed by atoms with E-state index < -0.39 is 5.41 Å². The first-order valence-corrected chi connectivity index (χ1v) is 6.05. The van der Waals surface area contributed by atoms with E-state index >= 15 is 0 Å². The quantitative estimate of drug-likeness (QED) is 0.599. The Bertz CT molecular complexity index is 330. The van der Waals surface area contributed by atoms with E-state index in [4.69, 9.17) is 12.2 Å². The molecule has 0 spiro atoms. The second-order valence-corrected chi connectivity index (χ2v) is 4.64. The number of hydrogen-bond acceptors (Lipinski definition) is 3. The average molecular weight is 242 g/mol. The topological polar surface area (TPSA) is 49.4 Å². The van der Waals surface area contributed by atoms with Crippen LogP contribution < -0.4 is 5.32 Å². The van der Waals surface area contributed by atoms with Gasteiger partial charge in [0.25, 0.3) is 0 Å². The lowest BCUT2D eigenvalue weighted by molar-refractivity contribution is -0.149. The van der Waals surface area contributed by atoms with Gasteiger partial charge < -0.3 is 5.32 Å². The Labute approximate surface area is 101 Å². The van der Waals surface area contributed by atoms with Crippen LogP contribution in [0.4, 0.5) is 0 Å². The molecule has 1 aliphatic rings. The van der Waals surface area contributed by atoms with Crippen LogP contribution in [0, 0.1) is 5.41 Å². The summed E-state index contributed by atoms with van der Waals surface area (Å²) in [5, 5.41) is 2.85. The van der Waals surface area contributed by atoms with Crippen molar-refractivity contribution in [1.29, 1.82) is 0 Å². The van der Waals surface area contributed by atoms with Crippen LogP contribution in [-0.4, -0.2) is 28.4 Å². The molecule has 0 aromatic rings. The Kier molecular flexibility index (Phi) is 4.02. The number of amides is 2. The van der Waals surface area contributed by atoms with Gasteiger partial charge in [0.2, 0.25) is 11.8 Å². The molecule has 1 N–H and O–H groups in total. The van der Waals surface area contributed by atoms with Crippen LogP contribution in [0.25, 0.3) is 0 Å².